The molecule has 0 bridgehead atoms. The van der Waals surface area contributed by atoms with E-state index in [2.05, 4.69) is 0 Å². The monoisotopic (exact) mass is 311 g/mol. The highest BCUT2D eigenvalue weighted by Gasteiger charge is 2.35. The molecule has 1 nitrogen and oxygen atoms in total. The summed E-state index contributed by atoms with van der Waals surface area (Å²) in [5.74, 6) is -1.30. The maximum Gasteiger partial charge on any atom is 0.419 e. The van der Waals surface area contributed by atoms with Gasteiger partial charge in [-0.1, -0.05) is 12.1 Å². The highest BCUT2D eigenvalue weighted by Crippen LogP contribution is 2.34. The summed E-state index contributed by atoms with van der Waals surface area (Å²) in [6, 6.07) is 3.91. The van der Waals surface area contributed by atoms with Gasteiger partial charge in [-0.15, -0.1) is 12.4 Å². The minimum absolute atomic E-state index is 0. The molecule has 0 fully saturated rings. The quantitative estimate of drug-likeness (QED) is 0.819. The van der Waals surface area contributed by atoms with Crippen molar-refractivity contribution in [3.63, 3.8) is 0 Å². The molecule has 2 N–H and O–H groups in total. The first kappa shape index (κ1) is 15.9. The third-order valence-electron chi connectivity index (χ3n) is 2.57. The van der Waals surface area contributed by atoms with Gasteiger partial charge < -0.3 is 5.73 Å². The average molecular weight is 312 g/mol. The molecule has 1 aromatic carbocycles. The Morgan fingerprint density at radius 1 is 1.16 bits per heavy atom. The van der Waals surface area contributed by atoms with Crippen molar-refractivity contribution < 1.29 is 17.6 Å². The van der Waals surface area contributed by atoms with Crippen molar-refractivity contribution in [2.24, 2.45) is 5.73 Å². The van der Waals surface area contributed by atoms with Crippen LogP contribution in [0, 0.1) is 5.82 Å². The zero-order chi connectivity index (χ0) is 13.3. The number of halogens is 5. The topological polar surface area (TPSA) is 26.0 Å². The van der Waals surface area contributed by atoms with Gasteiger partial charge in [0.1, 0.15) is 5.82 Å². The summed E-state index contributed by atoms with van der Waals surface area (Å²) in [4.78, 5) is 0. The van der Waals surface area contributed by atoms with E-state index >= 15 is 0 Å². The molecule has 2 aromatic rings. The van der Waals surface area contributed by atoms with E-state index in [0.717, 1.165) is 6.07 Å². The predicted octanol–water partition coefficient (Wildman–Crippen LogP) is 4.38. The van der Waals surface area contributed by atoms with E-state index in [4.69, 9.17) is 5.73 Å². The number of alkyl halides is 3. The van der Waals surface area contributed by atoms with Crippen molar-refractivity contribution in [2.45, 2.75) is 12.2 Å². The third-order valence-corrected chi connectivity index (χ3v) is 3.27. The van der Waals surface area contributed by atoms with Crippen LogP contribution in [0.4, 0.5) is 17.6 Å². The Morgan fingerprint density at radius 3 is 2.37 bits per heavy atom. The van der Waals surface area contributed by atoms with Crippen LogP contribution < -0.4 is 5.73 Å². The Hall–Kier alpha value is -1.11. The maximum absolute atomic E-state index is 13.8. The van der Waals surface area contributed by atoms with Crippen LogP contribution in [-0.4, -0.2) is 0 Å². The first-order chi connectivity index (χ1) is 8.41. The fraction of sp³-hybridized carbons (Fsp3) is 0.167. The molecule has 0 saturated heterocycles. The van der Waals surface area contributed by atoms with E-state index < -0.39 is 23.6 Å². The van der Waals surface area contributed by atoms with E-state index in [1.54, 1.807) is 16.8 Å². The molecule has 1 atom stereocenters. The number of hydrogen-bond acceptors (Lipinski definition) is 2. The molecular weight excluding hydrogens is 302 g/mol. The van der Waals surface area contributed by atoms with Crippen molar-refractivity contribution in [1.82, 2.24) is 0 Å². The number of rotatable bonds is 2. The molecule has 1 aromatic heterocycles. The van der Waals surface area contributed by atoms with E-state index in [1.807, 2.05) is 0 Å². The Kier molecular flexibility index (Phi) is 4.95. The van der Waals surface area contributed by atoms with Gasteiger partial charge in [-0.05, 0) is 28.5 Å². The highest BCUT2D eigenvalue weighted by molar-refractivity contribution is 7.08. The van der Waals surface area contributed by atoms with Crippen LogP contribution in [0.2, 0.25) is 0 Å². The smallest absolute Gasteiger partial charge is 0.320 e. The molecule has 0 aliphatic carbocycles. The molecule has 2 rings (SSSR count). The summed E-state index contributed by atoms with van der Waals surface area (Å²) in [5, 5.41) is 3.42. The summed E-state index contributed by atoms with van der Waals surface area (Å²) >= 11 is 1.35. The summed E-state index contributed by atoms with van der Waals surface area (Å²) in [6.07, 6.45) is -4.71. The van der Waals surface area contributed by atoms with Gasteiger partial charge in [0.05, 0.1) is 11.6 Å². The molecule has 0 saturated carbocycles. The lowest BCUT2D eigenvalue weighted by molar-refractivity contribution is -0.140. The van der Waals surface area contributed by atoms with E-state index in [0.29, 0.717) is 11.6 Å². The average Bonchev–Trinajstić information content (AvgIpc) is 2.80. The lowest BCUT2D eigenvalue weighted by atomic mass is 9.99. The van der Waals surface area contributed by atoms with Gasteiger partial charge in [0, 0.05) is 5.56 Å². The van der Waals surface area contributed by atoms with E-state index in [1.165, 1.54) is 17.4 Å². The van der Waals surface area contributed by atoms with Gasteiger partial charge in [-0.25, -0.2) is 4.39 Å². The normalized spacial score (nSPS) is 12.9. The molecule has 0 radical (unpaired) electrons. The number of nitrogens with two attached hydrogens (primary N) is 1. The van der Waals surface area contributed by atoms with Gasteiger partial charge in [-0.2, -0.15) is 24.5 Å². The van der Waals surface area contributed by atoms with E-state index in [9.17, 15) is 17.6 Å². The van der Waals surface area contributed by atoms with E-state index in [-0.39, 0.29) is 18.0 Å². The molecule has 19 heavy (non-hydrogen) atoms. The molecule has 0 unspecified atom stereocenters. The van der Waals surface area contributed by atoms with Crippen molar-refractivity contribution in [3.05, 3.63) is 57.5 Å². The Bertz CT molecular complexity index is 539. The Balaban J connectivity index is 0.00000180. The fourth-order valence-corrected chi connectivity index (χ4v) is 2.34. The zero-order valence-electron chi connectivity index (χ0n) is 9.45. The zero-order valence-corrected chi connectivity index (χ0v) is 11.1. The van der Waals surface area contributed by atoms with Gasteiger partial charge in [0.25, 0.3) is 0 Å². The Morgan fingerprint density at radius 2 is 1.84 bits per heavy atom. The second-order valence-corrected chi connectivity index (χ2v) is 4.52. The summed E-state index contributed by atoms with van der Waals surface area (Å²) < 4.78 is 51.5. The predicted molar refractivity (Wildman–Crippen MR) is 69.0 cm³/mol. The first-order valence-electron chi connectivity index (χ1n) is 5.04. The van der Waals surface area contributed by atoms with Crippen LogP contribution >= 0.6 is 23.7 Å². The van der Waals surface area contributed by atoms with Crippen LogP contribution in [0.5, 0.6) is 0 Å². The SMILES string of the molecule is Cl.N[C@H](c1ccsc1)c1cccc(C(F)(F)F)c1F. The minimum atomic E-state index is -4.71. The second-order valence-electron chi connectivity index (χ2n) is 3.74. The van der Waals surface area contributed by atoms with Crippen LogP contribution in [0.15, 0.2) is 35.0 Å². The third kappa shape index (κ3) is 3.26. The van der Waals surface area contributed by atoms with Crippen LogP contribution in [0.25, 0.3) is 0 Å². The fourth-order valence-electron chi connectivity index (χ4n) is 1.64. The van der Waals surface area contributed by atoms with Crippen molar-refractivity contribution >= 4 is 23.7 Å². The number of hydrogen-bond donors (Lipinski definition) is 1. The maximum atomic E-state index is 13.8. The molecular formula is C12H10ClF4NS. The Labute approximate surface area is 117 Å². The molecule has 7 heteroatoms. The van der Waals surface area contributed by atoms with Crippen LogP contribution in [0.3, 0.4) is 0 Å². The molecule has 104 valence electrons. The lowest BCUT2D eigenvalue weighted by Crippen LogP contribution is -2.16. The largest absolute Gasteiger partial charge is 0.419 e. The molecule has 1 heterocycles. The van der Waals surface area contributed by atoms with Crippen LogP contribution in [-0.2, 0) is 6.18 Å². The molecule has 0 spiro atoms. The van der Waals surface area contributed by atoms with Gasteiger partial charge in [-0.3, -0.25) is 0 Å². The second kappa shape index (κ2) is 5.90. The standard InChI is InChI=1S/C12H9F4NS.ClH/c13-10-8(11(17)7-4-5-18-6-7)2-1-3-9(10)12(14,15)16;/h1-6,11H,17H2;1H/t11-;/m1./s1. The summed E-state index contributed by atoms with van der Waals surface area (Å²) in [5.41, 5.74) is 4.93. The first-order valence-corrected chi connectivity index (χ1v) is 5.99. The van der Waals surface area contributed by atoms with Crippen molar-refractivity contribution in [1.29, 1.82) is 0 Å². The molecule has 0 amide bonds. The molecule has 0 aliphatic rings. The van der Waals surface area contributed by atoms with Gasteiger partial charge in [0.2, 0.25) is 0 Å². The van der Waals surface area contributed by atoms with Crippen molar-refractivity contribution in [2.75, 3.05) is 0 Å². The number of thiophene rings is 1. The summed E-state index contributed by atoms with van der Waals surface area (Å²) in [6.45, 7) is 0. The van der Waals surface area contributed by atoms with Gasteiger partial charge in [0.15, 0.2) is 0 Å². The summed E-state index contributed by atoms with van der Waals surface area (Å²) in [7, 11) is 0. The van der Waals surface area contributed by atoms with Crippen LogP contribution in [0.1, 0.15) is 22.7 Å². The number of benzene rings is 1. The van der Waals surface area contributed by atoms with Crippen molar-refractivity contribution in [3.8, 4) is 0 Å². The highest BCUT2D eigenvalue weighted by atomic mass is 35.5. The lowest BCUT2D eigenvalue weighted by Gasteiger charge is -2.15. The minimum Gasteiger partial charge on any atom is -0.320 e. The van der Waals surface area contributed by atoms with Gasteiger partial charge >= 0.3 is 6.18 Å². The molecule has 0 aliphatic heterocycles.